The highest BCUT2D eigenvalue weighted by Crippen LogP contribution is 2.16. The lowest BCUT2D eigenvalue weighted by Crippen LogP contribution is -2.41. The average molecular weight is 200 g/mol. The minimum absolute atomic E-state index is 0.369. The molecule has 0 bridgehead atoms. The van der Waals surface area contributed by atoms with Crippen molar-refractivity contribution in [2.75, 3.05) is 26.7 Å². The first-order valence-electron chi connectivity index (χ1n) is 5.80. The third-order valence-corrected chi connectivity index (χ3v) is 2.59. The van der Waals surface area contributed by atoms with Crippen LogP contribution in [-0.4, -0.2) is 37.6 Å². The van der Waals surface area contributed by atoms with Crippen LogP contribution in [0.15, 0.2) is 0 Å². The molecule has 2 heteroatoms. The van der Waals surface area contributed by atoms with Gasteiger partial charge in [-0.1, -0.05) is 20.8 Å². The Morgan fingerprint density at radius 3 is 2.29 bits per heavy atom. The SMILES string of the molecule is CCCNCC(C)(C)CN(C)C(C)C. The van der Waals surface area contributed by atoms with Crippen LogP contribution in [0.25, 0.3) is 0 Å². The van der Waals surface area contributed by atoms with Gasteiger partial charge in [-0.15, -0.1) is 0 Å². The Morgan fingerprint density at radius 2 is 1.86 bits per heavy atom. The number of rotatable bonds is 7. The molecular weight excluding hydrogens is 172 g/mol. The lowest BCUT2D eigenvalue weighted by atomic mass is 9.92. The summed E-state index contributed by atoms with van der Waals surface area (Å²) in [6.07, 6.45) is 1.22. The van der Waals surface area contributed by atoms with Gasteiger partial charge in [0.25, 0.3) is 0 Å². The fourth-order valence-electron chi connectivity index (χ4n) is 1.52. The maximum absolute atomic E-state index is 3.49. The number of hydrogen-bond donors (Lipinski definition) is 1. The van der Waals surface area contributed by atoms with Crippen LogP contribution in [0, 0.1) is 5.41 Å². The zero-order chi connectivity index (χ0) is 11.2. The van der Waals surface area contributed by atoms with Gasteiger partial charge in [0.1, 0.15) is 0 Å². The summed E-state index contributed by atoms with van der Waals surface area (Å²) in [5.74, 6) is 0. The lowest BCUT2D eigenvalue weighted by Gasteiger charge is -2.32. The molecule has 0 rings (SSSR count). The van der Waals surface area contributed by atoms with E-state index < -0.39 is 0 Å². The summed E-state index contributed by atoms with van der Waals surface area (Å²) in [5.41, 5.74) is 0.369. The topological polar surface area (TPSA) is 15.3 Å². The summed E-state index contributed by atoms with van der Waals surface area (Å²) < 4.78 is 0. The molecule has 0 fully saturated rings. The highest BCUT2D eigenvalue weighted by atomic mass is 15.1. The third kappa shape index (κ3) is 6.39. The first kappa shape index (κ1) is 13.9. The van der Waals surface area contributed by atoms with E-state index in [2.05, 4.69) is 51.9 Å². The molecule has 0 atom stereocenters. The van der Waals surface area contributed by atoms with Crippen LogP contribution >= 0.6 is 0 Å². The van der Waals surface area contributed by atoms with Gasteiger partial charge in [0.15, 0.2) is 0 Å². The molecule has 0 unspecified atom stereocenters. The van der Waals surface area contributed by atoms with Crippen molar-refractivity contribution < 1.29 is 0 Å². The molecular formula is C12H28N2. The number of nitrogens with zero attached hydrogens (tertiary/aromatic N) is 1. The summed E-state index contributed by atoms with van der Waals surface area (Å²) in [6.45, 7) is 14.8. The largest absolute Gasteiger partial charge is 0.316 e. The van der Waals surface area contributed by atoms with Crippen molar-refractivity contribution in [1.29, 1.82) is 0 Å². The van der Waals surface area contributed by atoms with E-state index in [0.29, 0.717) is 11.5 Å². The van der Waals surface area contributed by atoms with E-state index in [1.54, 1.807) is 0 Å². The Balaban J connectivity index is 3.81. The maximum atomic E-state index is 3.49. The van der Waals surface area contributed by atoms with Crippen molar-refractivity contribution in [2.45, 2.75) is 47.1 Å². The van der Waals surface area contributed by atoms with Crippen molar-refractivity contribution in [1.82, 2.24) is 10.2 Å². The van der Waals surface area contributed by atoms with Crippen molar-refractivity contribution in [3.63, 3.8) is 0 Å². The van der Waals surface area contributed by atoms with Gasteiger partial charge in [0, 0.05) is 19.1 Å². The van der Waals surface area contributed by atoms with Crippen LogP contribution in [-0.2, 0) is 0 Å². The fraction of sp³-hybridized carbons (Fsp3) is 1.00. The van der Waals surface area contributed by atoms with Gasteiger partial charge < -0.3 is 10.2 Å². The van der Waals surface area contributed by atoms with Crippen LogP contribution in [0.5, 0.6) is 0 Å². The van der Waals surface area contributed by atoms with Crippen LogP contribution in [0.2, 0.25) is 0 Å². The summed E-state index contributed by atoms with van der Waals surface area (Å²) in [7, 11) is 2.20. The van der Waals surface area contributed by atoms with Crippen LogP contribution < -0.4 is 5.32 Å². The third-order valence-electron chi connectivity index (χ3n) is 2.59. The molecule has 86 valence electrons. The van der Waals surface area contributed by atoms with E-state index in [9.17, 15) is 0 Å². The molecule has 0 radical (unpaired) electrons. The standard InChI is InChI=1S/C12H28N2/c1-7-8-13-9-12(4,5)10-14(6)11(2)3/h11,13H,7-10H2,1-6H3. The van der Waals surface area contributed by atoms with E-state index in [4.69, 9.17) is 0 Å². The molecule has 2 nitrogen and oxygen atoms in total. The van der Waals surface area contributed by atoms with Gasteiger partial charge in [-0.05, 0) is 39.3 Å². The van der Waals surface area contributed by atoms with E-state index in [1.165, 1.54) is 6.42 Å². The summed E-state index contributed by atoms with van der Waals surface area (Å²) >= 11 is 0. The molecule has 0 aliphatic heterocycles. The molecule has 0 aliphatic rings. The molecule has 14 heavy (non-hydrogen) atoms. The summed E-state index contributed by atoms with van der Waals surface area (Å²) in [6, 6.07) is 0.639. The smallest absolute Gasteiger partial charge is 0.00445 e. The highest BCUT2D eigenvalue weighted by molar-refractivity contribution is 4.76. The quantitative estimate of drug-likeness (QED) is 0.635. The maximum Gasteiger partial charge on any atom is 0.00445 e. The van der Waals surface area contributed by atoms with Crippen molar-refractivity contribution >= 4 is 0 Å². The molecule has 0 heterocycles. The Hall–Kier alpha value is -0.0800. The Kier molecular flexibility index (Phi) is 6.38. The lowest BCUT2D eigenvalue weighted by molar-refractivity contribution is 0.173. The second-order valence-electron chi connectivity index (χ2n) is 5.35. The second-order valence-corrected chi connectivity index (χ2v) is 5.35. The minimum atomic E-state index is 0.369. The first-order chi connectivity index (χ1) is 6.39. The minimum Gasteiger partial charge on any atom is -0.316 e. The summed E-state index contributed by atoms with van der Waals surface area (Å²) in [5, 5.41) is 3.49. The van der Waals surface area contributed by atoms with E-state index in [-0.39, 0.29) is 0 Å². The molecule has 0 saturated carbocycles. The van der Waals surface area contributed by atoms with Crippen LogP contribution in [0.1, 0.15) is 41.0 Å². The van der Waals surface area contributed by atoms with E-state index in [1.807, 2.05) is 0 Å². The predicted octanol–water partition coefficient (Wildman–Crippen LogP) is 2.35. The van der Waals surface area contributed by atoms with Gasteiger partial charge in [-0.3, -0.25) is 0 Å². The van der Waals surface area contributed by atoms with Crippen LogP contribution in [0.4, 0.5) is 0 Å². The normalized spacial score (nSPS) is 12.9. The predicted molar refractivity (Wildman–Crippen MR) is 64.7 cm³/mol. The number of nitrogens with one attached hydrogen (secondary N) is 1. The van der Waals surface area contributed by atoms with E-state index >= 15 is 0 Å². The summed E-state index contributed by atoms with van der Waals surface area (Å²) in [4.78, 5) is 2.41. The Bertz CT molecular complexity index is 141. The second kappa shape index (κ2) is 6.41. The molecule has 0 aliphatic carbocycles. The molecule has 0 aromatic heterocycles. The van der Waals surface area contributed by atoms with Gasteiger partial charge in [0.2, 0.25) is 0 Å². The molecule has 0 aromatic carbocycles. The highest BCUT2D eigenvalue weighted by Gasteiger charge is 2.20. The van der Waals surface area contributed by atoms with Gasteiger partial charge in [0.05, 0.1) is 0 Å². The molecule has 0 saturated heterocycles. The van der Waals surface area contributed by atoms with Crippen LogP contribution in [0.3, 0.4) is 0 Å². The molecule has 0 aromatic rings. The number of hydrogen-bond acceptors (Lipinski definition) is 2. The zero-order valence-electron chi connectivity index (χ0n) is 10.9. The first-order valence-corrected chi connectivity index (χ1v) is 5.80. The van der Waals surface area contributed by atoms with Crippen molar-refractivity contribution in [2.24, 2.45) is 5.41 Å². The van der Waals surface area contributed by atoms with Crippen molar-refractivity contribution in [3.05, 3.63) is 0 Å². The monoisotopic (exact) mass is 200 g/mol. The molecule has 0 amide bonds. The van der Waals surface area contributed by atoms with Gasteiger partial charge in [-0.25, -0.2) is 0 Å². The fourth-order valence-corrected chi connectivity index (χ4v) is 1.52. The van der Waals surface area contributed by atoms with Gasteiger partial charge >= 0.3 is 0 Å². The Labute approximate surface area is 90.1 Å². The Morgan fingerprint density at radius 1 is 1.29 bits per heavy atom. The zero-order valence-corrected chi connectivity index (χ0v) is 10.9. The van der Waals surface area contributed by atoms with E-state index in [0.717, 1.165) is 19.6 Å². The molecule has 1 N–H and O–H groups in total. The molecule has 0 spiro atoms. The average Bonchev–Trinajstić information content (AvgIpc) is 2.03. The van der Waals surface area contributed by atoms with Gasteiger partial charge in [-0.2, -0.15) is 0 Å². The van der Waals surface area contributed by atoms with Crippen molar-refractivity contribution in [3.8, 4) is 0 Å².